The molecule has 2 unspecified atom stereocenters. The highest BCUT2D eigenvalue weighted by atomic mass is 19.1. The fraction of sp³-hybridized carbons (Fsp3) is 0.333. The molecule has 4 nitrogen and oxygen atoms in total. The molecule has 1 N–H and O–H groups in total. The largest absolute Gasteiger partial charge is 0.370 e. The Bertz CT molecular complexity index is 1010. The normalized spacial score (nSPS) is 22.9. The van der Waals surface area contributed by atoms with Gasteiger partial charge in [0.25, 0.3) is 0 Å². The Balaban J connectivity index is 1.24. The summed E-state index contributed by atoms with van der Waals surface area (Å²) in [7, 11) is 0. The van der Waals surface area contributed by atoms with Crippen LogP contribution in [0.4, 0.5) is 10.2 Å². The highest BCUT2D eigenvalue weighted by Crippen LogP contribution is 2.41. The molecule has 1 aromatic carbocycles. The topological polar surface area (TPSA) is 45.2 Å². The molecule has 29 heavy (non-hydrogen) atoms. The highest BCUT2D eigenvalue weighted by molar-refractivity contribution is 5.92. The van der Waals surface area contributed by atoms with Crippen LogP contribution in [0, 0.1) is 17.7 Å². The number of nitrogens with zero attached hydrogens (tertiary/aromatic N) is 2. The molecule has 5 rings (SSSR count). The van der Waals surface area contributed by atoms with E-state index >= 15 is 0 Å². The summed E-state index contributed by atoms with van der Waals surface area (Å²) < 4.78 is 14.1. The Morgan fingerprint density at radius 2 is 2.17 bits per heavy atom. The van der Waals surface area contributed by atoms with Gasteiger partial charge in [-0.1, -0.05) is 24.3 Å². The Kier molecular flexibility index (Phi) is 4.66. The van der Waals surface area contributed by atoms with Gasteiger partial charge < -0.3 is 10.2 Å². The van der Waals surface area contributed by atoms with Crippen molar-refractivity contribution in [1.82, 2.24) is 9.88 Å². The Labute approximate surface area is 170 Å². The molecule has 3 aliphatic rings. The van der Waals surface area contributed by atoms with E-state index in [0.717, 1.165) is 49.3 Å². The fourth-order valence-corrected chi connectivity index (χ4v) is 4.74. The molecule has 5 heteroatoms. The van der Waals surface area contributed by atoms with Crippen LogP contribution in [0.25, 0.3) is 11.6 Å². The first-order valence-corrected chi connectivity index (χ1v) is 10.3. The quantitative estimate of drug-likeness (QED) is 0.802. The molecule has 0 bridgehead atoms. The molecule has 3 heterocycles. The lowest BCUT2D eigenvalue weighted by Gasteiger charge is -2.17. The van der Waals surface area contributed by atoms with Crippen LogP contribution in [-0.4, -0.2) is 35.4 Å². The van der Waals surface area contributed by atoms with E-state index in [1.54, 1.807) is 12.1 Å². The van der Waals surface area contributed by atoms with E-state index in [4.69, 9.17) is 0 Å². The third-order valence-electron chi connectivity index (χ3n) is 6.24. The molecule has 148 valence electrons. The van der Waals surface area contributed by atoms with Crippen LogP contribution >= 0.6 is 0 Å². The van der Waals surface area contributed by atoms with Gasteiger partial charge in [0.15, 0.2) is 0 Å². The number of carbonyl (C=O) groups is 1. The number of halogens is 1. The van der Waals surface area contributed by atoms with Crippen LogP contribution in [0.3, 0.4) is 0 Å². The summed E-state index contributed by atoms with van der Waals surface area (Å²) in [6, 6.07) is 9.06. The minimum absolute atomic E-state index is 0.0380. The summed E-state index contributed by atoms with van der Waals surface area (Å²) >= 11 is 0. The fourth-order valence-electron chi connectivity index (χ4n) is 4.74. The van der Waals surface area contributed by atoms with Crippen LogP contribution in [-0.2, 0) is 11.2 Å². The number of rotatable bonds is 3. The predicted octanol–water partition coefficient (Wildman–Crippen LogP) is 4.15. The van der Waals surface area contributed by atoms with Crippen molar-refractivity contribution in [3.8, 4) is 0 Å². The van der Waals surface area contributed by atoms with E-state index in [1.165, 1.54) is 11.6 Å². The Morgan fingerprint density at radius 3 is 3.03 bits per heavy atom. The molecule has 1 aliphatic carbocycles. The zero-order valence-corrected chi connectivity index (χ0v) is 16.3. The lowest BCUT2D eigenvalue weighted by molar-refractivity contribution is -0.125. The number of pyridine rings is 1. The molecule has 0 saturated carbocycles. The predicted molar refractivity (Wildman–Crippen MR) is 113 cm³/mol. The van der Waals surface area contributed by atoms with E-state index < -0.39 is 0 Å². The third-order valence-corrected chi connectivity index (χ3v) is 6.24. The summed E-state index contributed by atoms with van der Waals surface area (Å²) in [6.45, 7) is 2.41. The number of likely N-dealkylation sites (tertiary alicyclic amines) is 1. The average molecular weight is 389 g/mol. The minimum Gasteiger partial charge on any atom is -0.370 e. The van der Waals surface area contributed by atoms with Gasteiger partial charge in [0.2, 0.25) is 5.91 Å². The second kappa shape index (κ2) is 7.47. The van der Waals surface area contributed by atoms with Gasteiger partial charge in [-0.05, 0) is 66.0 Å². The Morgan fingerprint density at radius 1 is 1.28 bits per heavy atom. The lowest BCUT2D eigenvalue weighted by Crippen LogP contribution is -2.27. The van der Waals surface area contributed by atoms with Crippen molar-refractivity contribution in [3.63, 3.8) is 0 Å². The summed E-state index contributed by atoms with van der Waals surface area (Å²) in [5.74, 6) is 1.54. The van der Waals surface area contributed by atoms with Gasteiger partial charge in [0.05, 0.1) is 0 Å². The number of anilines is 1. The number of aryl methyl sites for hydroxylation is 1. The van der Waals surface area contributed by atoms with Crippen LogP contribution in [0.5, 0.6) is 0 Å². The van der Waals surface area contributed by atoms with Gasteiger partial charge in [-0.3, -0.25) is 4.79 Å². The van der Waals surface area contributed by atoms with Crippen molar-refractivity contribution in [1.29, 1.82) is 0 Å². The standard InChI is InChI=1S/C24H24FN3O/c25-22-6-2-1-5-21(22)18-11-19-14-28(15-20(19)12-18)23(29)8-7-16-10-17-4-3-9-26-24(17)27-13-16/h1-2,5-8,10-11,13,19-20H,3-4,9,12,14-15H2,(H,26,27)/b8-7+. The van der Waals surface area contributed by atoms with Crippen molar-refractivity contribution in [2.75, 3.05) is 25.0 Å². The first-order valence-electron chi connectivity index (χ1n) is 10.3. The number of nitrogens with one attached hydrogen (secondary N) is 1. The Hall–Kier alpha value is -2.95. The van der Waals surface area contributed by atoms with Gasteiger partial charge in [0, 0.05) is 37.5 Å². The molecule has 2 atom stereocenters. The zero-order valence-electron chi connectivity index (χ0n) is 16.3. The minimum atomic E-state index is -0.163. The molecular formula is C24H24FN3O. The molecule has 2 aliphatic heterocycles. The number of hydrogen-bond acceptors (Lipinski definition) is 3. The molecule has 0 radical (unpaired) electrons. The summed E-state index contributed by atoms with van der Waals surface area (Å²) in [4.78, 5) is 19.0. The summed E-state index contributed by atoms with van der Waals surface area (Å²) in [6.07, 6.45) is 10.5. The van der Waals surface area contributed by atoms with E-state index in [-0.39, 0.29) is 11.7 Å². The summed E-state index contributed by atoms with van der Waals surface area (Å²) in [5.41, 5.74) is 3.96. The van der Waals surface area contributed by atoms with E-state index in [9.17, 15) is 9.18 Å². The van der Waals surface area contributed by atoms with E-state index in [0.29, 0.717) is 23.9 Å². The van der Waals surface area contributed by atoms with Crippen molar-refractivity contribution < 1.29 is 9.18 Å². The van der Waals surface area contributed by atoms with Crippen molar-refractivity contribution >= 4 is 23.4 Å². The molecule has 2 aromatic rings. The van der Waals surface area contributed by atoms with Gasteiger partial charge in [-0.15, -0.1) is 0 Å². The van der Waals surface area contributed by atoms with Crippen LogP contribution < -0.4 is 5.32 Å². The first kappa shape index (κ1) is 18.1. The van der Waals surface area contributed by atoms with Gasteiger partial charge in [-0.25, -0.2) is 9.37 Å². The molecule has 0 spiro atoms. The average Bonchev–Trinajstić information content (AvgIpc) is 3.31. The molecule has 1 aromatic heterocycles. The van der Waals surface area contributed by atoms with Crippen LogP contribution in [0.1, 0.15) is 29.5 Å². The highest BCUT2D eigenvalue weighted by Gasteiger charge is 2.38. The monoisotopic (exact) mass is 389 g/mol. The van der Waals surface area contributed by atoms with Gasteiger partial charge in [0.1, 0.15) is 11.6 Å². The number of aromatic nitrogens is 1. The second-order valence-electron chi connectivity index (χ2n) is 8.18. The van der Waals surface area contributed by atoms with Crippen molar-refractivity contribution in [2.24, 2.45) is 11.8 Å². The van der Waals surface area contributed by atoms with Crippen molar-refractivity contribution in [2.45, 2.75) is 19.3 Å². The van der Waals surface area contributed by atoms with Crippen molar-refractivity contribution in [3.05, 3.63) is 71.2 Å². The molecular weight excluding hydrogens is 365 g/mol. The van der Waals surface area contributed by atoms with E-state index in [2.05, 4.69) is 22.4 Å². The second-order valence-corrected chi connectivity index (χ2v) is 8.18. The van der Waals surface area contributed by atoms with Gasteiger partial charge in [-0.2, -0.15) is 0 Å². The maximum Gasteiger partial charge on any atom is 0.246 e. The lowest BCUT2D eigenvalue weighted by atomic mass is 9.98. The SMILES string of the molecule is O=C(/C=C/c1cnc2c(c1)CCCN2)N1CC2C=C(c3ccccc3F)CC2C1. The number of carbonyl (C=O) groups excluding carboxylic acids is 1. The molecule has 1 amide bonds. The van der Waals surface area contributed by atoms with Crippen LogP contribution in [0.2, 0.25) is 0 Å². The number of hydrogen-bond donors (Lipinski definition) is 1. The smallest absolute Gasteiger partial charge is 0.246 e. The maximum absolute atomic E-state index is 14.1. The summed E-state index contributed by atoms with van der Waals surface area (Å²) in [5, 5.41) is 3.30. The van der Waals surface area contributed by atoms with Gasteiger partial charge >= 0.3 is 0 Å². The third kappa shape index (κ3) is 3.57. The zero-order chi connectivity index (χ0) is 19.8. The first-order chi connectivity index (χ1) is 14.2. The number of benzene rings is 1. The van der Waals surface area contributed by atoms with Crippen LogP contribution in [0.15, 0.2) is 48.7 Å². The maximum atomic E-state index is 14.1. The molecule has 1 saturated heterocycles. The number of allylic oxidation sites excluding steroid dienone is 1. The molecule has 1 fully saturated rings. The van der Waals surface area contributed by atoms with E-state index in [1.807, 2.05) is 29.3 Å². The number of fused-ring (bicyclic) bond motifs is 2. The number of amides is 1.